The van der Waals surface area contributed by atoms with Crippen molar-refractivity contribution in [2.45, 2.75) is 34.1 Å². The third-order valence-electron chi connectivity index (χ3n) is 2.98. The number of anilines is 2. The fraction of sp³-hybridized carbons (Fsp3) is 0.643. The molecule has 20 heavy (non-hydrogen) atoms. The summed E-state index contributed by atoms with van der Waals surface area (Å²) in [4.78, 5) is 22.6. The Balaban J connectivity index is 3.14. The van der Waals surface area contributed by atoms with Crippen molar-refractivity contribution in [3.8, 4) is 0 Å². The first-order valence-electron chi connectivity index (χ1n) is 7.08. The van der Waals surface area contributed by atoms with Crippen LogP contribution >= 0.6 is 0 Å². The highest BCUT2D eigenvalue weighted by molar-refractivity contribution is 5.81. The van der Waals surface area contributed by atoms with Gasteiger partial charge < -0.3 is 15.5 Å². The number of nitrogens with one attached hydrogen (secondary N) is 2. The van der Waals surface area contributed by atoms with Crippen LogP contribution in [0.4, 0.5) is 11.6 Å². The highest BCUT2D eigenvalue weighted by atomic mass is 16.1. The van der Waals surface area contributed by atoms with Crippen molar-refractivity contribution in [3.63, 3.8) is 0 Å². The van der Waals surface area contributed by atoms with Crippen molar-refractivity contribution >= 4 is 17.5 Å². The molecule has 0 aliphatic heterocycles. The maximum atomic E-state index is 11.7. The minimum atomic E-state index is -0.0147. The smallest absolute Gasteiger partial charge is 0.239 e. The van der Waals surface area contributed by atoms with Gasteiger partial charge in [0, 0.05) is 25.7 Å². The monoisotopic (exact) mass is 279 g/mol. The van der Waals surface area contributed by atoms with Crippen LogP contribution in [0.15, 0.2) is 0 Å². The van der Waals surface area contributed by atoms with Crippen molar-refractivity contribution < 1.29 is 4.79 Å². The molecule has 0 aromatic carbocycles. The third-order valence-corrected chi connectivity index (χ3v) is 2.98. The van der Waals surface area contributed by atoms with Crippen molar-refractivity contribution in [2.24, 2.45) is 0 Å². The molecule has 1 amide bonds. The summed E-state index contributed by atoms with van der Waals surface area (Å²) in [6.07, 6.45) is 0.954. The van der Waals surface area contributed by atoms with Crippen LogP contribution < -0.4 is 15.5 Å². The topological polar surface area (TPSA) is 70.2 Å². The molecule has 0 unspecified atom stereocenters. The molecular formula is C14H25N5O. The molecule has 2 N–H and O–H groups in total. The predicted molar refractivity (Wildman–Crippen MR) is 82.2 cm³/mol. The fourth-order valence-electron chi connectivity index (χ4n) is 2.04. The summed E-state index contributed by atoms with van der Waals surface area (Å²) in [6.45, 7) is 9.88. The lowest BCUT2D eigenvalue weighted by Gasteiger charge is -2.25. The van der Waals surface area contributed by atoms with Crippen LogP contribution in [0.1, 0.15) is 31.7 Å². The number of likely N-dealkylation sites (N-methyl/N-ethyl adjacent to an activating group) is 1. The first kappa shape index (κ1) is 16.2. The summed E-state index contributed by atoms with van der Waals surface area (Å²) in [5.74, 6) is 2.37. The molecule has 0 aliphatic rings. The number of aryl methyl sites for hydroxylation is 1. The Morgan fingerprint density at radius 2 is 1.95 bits per heavy atom. The average Bonchev–Trinajstić information content (AvgIpc) is 2.42. The standard InChI is InChI=1S/C14H25N5O/c1-6-8-19(9-12(20)15-5)14-10(3)13(16-7-2)17-11(4)18-14/h6-9H2,1-5H3,(H,15,20)(H,16,17,18). The van der Waals surface area contributed by atoms with Gasteiger partial charge >= 0.3 is 0 Å². The first-order valence-corrected chi connectivity index (χ1v) is 7.08. The second kappa shape index (κ2) is 7.67. The number of hydrogen-bond donors (Lipinski definition) is 2. The number of hydrogen-bond acceptors (Lipinski definition) is 5. The second-order valence-electron chi connectivity index (χ2n) is 4.69. The van der Waals surface area contributed by atoms with Crippen molar-refractivity contribution in [3.05, 3.63) is 11.4 Å². The summed E-state index contributed by atoms with van der Waals surface area (Å²) in [6, 6.07) is 0. The van der Waals surface area contributed by atoms with E-state index in [1.807, 2.05) is 25.7 Å². The van der Waals surface area contributed by atoms with Crippen LogP contribution in [-0.2, 0) is 4.79 Å². The molecule has 0 radical (unpaired) electrons. The van der Waals surface area contributed by atoms with E-state index >= 15 is 0 Å². The molecule has 0 atom stereocenters. The number of carbonyl (C=O) groups excluding carboxylic acids is 1. The summed E-state index contributed by atoms with van der Waals surface area (Å²) >= 11 is 0. The molecule has 0 spiro atoms. The maximum absolute atomic E-state index is 11.7. The van der Waals surface area contributed by atoms with Gasteiger partial charge in [0.2, 0.25) is 5.91 Å². The number of amides is 1. The van der Waals surface area contributed by atoms with Crippen LogP contribution in [-0.4, -0.2) is 42.6 Å². The Bertz CT molecular complexity index is 461. The van der Waals surface area contributed by atoms with E-state index in [1.54, 1.807) is 7.05 Å². The fourth-order valence-corrected chi connectivity index (χ4v) is 2.04. The summed E-state index contributed by atoms with van der Waals surface area (Å²) in [7, 11) is 1.65. The first-order chi connectivity index (χ1) is 9.53. The minimum Gasteiger partial charge on any atom is -0.370 e. The van der Waals surface area contributed by atoms with E-state index in [9.17, 15) is 4.79 Å². The number of aromatic nitrogens is 2. The Hall–Kier alpha value is -1.85. The van der Waals surface area contributed by atoms with E-state index in [2.05, 4.69) is 27.5 Å². The zero-order chi connectivity index (χ0) is 15.1. The van der Waals surface area contributed by atoms with E-state index in [1.165, 1.54) is 0 Å². The largest absolute Gasteiger partial charge is 0.370 e. The molecule has 0 saturated heterocycles. The lowest BCUT2D eigenvalue weighted by atomic mass is 10.2. The normalized spacial score (nSPS) is 10.2. The molecule has 6 heteroatoms. The number of nitrogens with zero attached hydrogens (tertiary/aromatic N) is 3. The molecule has 0 bridgehead atoms. The van der Waals surface area contributed by atoms with Crippen LogP contribution in [0.5, 0.6) is 0 Å². The highest BCUT2D eigenvalue weighted by Crippen LogP contribution is 2.23. The molecule has 1 aromatic heterocycles. The summed E-state index contributed by atoms with van der Waals surface area (Å²) in [5, 5.41) is 5.90. The molecule has 0 aliphatic carbocycles. The van der Waals surface area contributed by atoms with Crippen molar-refractivity contribution in [1.29, 1.82) is 0 Å². The Kier molecular flexibility index (Phi) is 6.21. The second-order valence-corrected chi connectivity index (χ2v) is 4.69. The molecule has 6 nitrogen and oxygen atoms in total. The summed E-state index contributed by atoms with van der Waals surface area (Å²) < 4.78 is 0. The lowest BCUT2D eigenvalue weighted by molar-refractivity contribution is -0.119. The highest BCUT2D eigenvalue weighted by Gasteiger charge is 2.17. The molecule has 0 saturated carbocycles. The Morgan fingerprint density at radius 1 is 1.25 bits per heavy atom. The molecule has 0 fully saturated rings. The SMILES string of the molecule is CCCN(CC(=O)NC)c1nc(C)nc(NCC)c1C. The zero-order valence-electron chi connectivity index (χ0n) is 13.1. The van der Waals surface area contributed by atoms with Gasteiger partial charge in [-0.1, -0.05) is 6.92 Å². The van der Waals surface area contributed by atoms with Gasteiger partial charge in [0.25, 0.3) is 0 Å². The van der Waals surface area contributed by atoms with Gasteiger partial charge in [-0.05, 0) is 27.2 Å². The van der Waals surface area contributed by atoms with E-state index in [0.29, 0.717) is 12.4 Å². The molecule has 1 heterocycles. The molecule has 1 aromatic rings. The van der Waals surface area contributed by atoms with Gasteiger partial charge in [-0.2, -0.15) is 0 Å². The van der Waals surface area contributed by atoms with Gasteiger partial charge in [0.15, 0.2) is 0 Å². The van der Waals surface area contributed by atoms with Gasteiger partial charge in [-0.3, -0.25) is 4.79 Å². The van der Waals surface area contributed by atoms with E-state index in [-0.39, 0.29) is 5.91 Å². The zero-order valence-corrected chi connectivity index (χ0v) is 13.1. The van der Waals surface area contributed by atoms with E-state index in [0.717, 1.165) is 36.7 Å². The third kappa shape index (κ3) is 4.08. The van der Waals surface area contributed by atoms with Crippen LogP contribution in [0.3, 0.4) is 0 Å². The lowest BCUT2D eigenvalue weighted by Crippen LogP contribution is -2.37. The van der Waals surface area contributed by atoms with E-state index < -0.39 is 0 Å². The molecule has 1 rings (SSSR count). The molecule has 112 valence electrons. The van der Waals surface area contributed by atoms with Gasteiger partial charge in [0.05, 0.1) is 6.54 Å². The molecular weight excluding hydrogens is 254 g/mol. The van der Waals surface area contributed by atoms with Crippen LogP contribution in [0.25, 0.3) is 0 Å². The van der Waals surface area contributed by atoms with Crippen molar-refractivity contribution in [2.75, 3.05) is 36.9 Å². The number of rotatable bonds is 7. The van der Waals surface area contributed by atoms with Gasteiger partial charge in [0.1, 0.15) is 17.5 Å². The van der Waals surface area contributed by atoms with Crippen molar-refractivity contribution in [1.82, 2.24) is 15.3 Å². The van der Waals surface area contributed by atoms with Crippen LogP contribution in [0, 0.1) is 13.8 Å². The Labute approximate surface area is 121 Å². The number of carbonyl (C=O) groups is 1. The average molecular weight is 279 g/mol. The quantitative estimate of drug-likeness (QED) is 0.791. The van der Waals surface area contributed by atoms with E-state index in [4.69, 9.17) is 0 Å². The van der Waals surface area contributed by atoms with Gasteiger partial charge in [-0.15, -0.1) is 0 Å². The summed E-state index contributed by atoms with van der Waals surface area (Å²) in [5.41, 5.74) is 0.981. The van der Waals surface area contributed by atoms with Gasteiger partial charge in [-0.25, -0.2) is 9.97 Å². The predicted octanol–water partition coefficient (Wildman–Crippen LogP) is 1.49. The maximum Gasteiger partial charge on any atom is 0.239 e. The van der Waals surface area contributed by atoms with Crippen LogP contribution in [0.2, 0.25) is 0 Å². The minimum absolute atomic E-state index is 0.0147. The Morgan fingerprint density at radius 3 is 2.50 bits per heavy atom.